The quantitative estimate of drug-likeness (QED) is 0.727. The molecule has 2 aliphatic rings. The van der Waals surface area contributed by atoms with Crippen LogP contribution in [0.1, 0.15) is 36.1 Å². The fourth-order valence-corrected chi connectivity index (χ4v) is 5.84. The lowest BCUT2D eigenvalue weighted by Gasteiger charge is -2.32. The molecule has 8 nitrogen and oxygen atoms in total. The maximum Gasteiger partial charge on any atom is 0.243 e. The number of hydrogen-bond acceptors (Lipinski definition) is 5. The number of fused-ring (bicyclic) bond motifs is 1. The number of nitrogens with one attached hydrogen (secondary N) is 1. The topological polar surface area (TPSA) is 96.0 Å². The Morgan fingerprint density at radius 3 is 2.58 bits per heavy atom. The molecule has 2 aromatic rings. The van der Waals surface area contributed by atoms with Gasteiger partial charge in [-0.3, -0.25) is 9.59 Å². The third-order valence-electron chi connectivity index (χ3n) is 5.91. The average molecular weight is 470 g/mol. The highest BCUT2D eigenvalue weighted by Crippen LogP contribution is 2.33. The van der Waals surface area contributed by atoms with Crippen LogP contribution in [0.25, 0.3) is 6.08 Å². The summed E-state index contributed by atoms with van der Waals surface area (Å²) in [5.74, 6) is -0.470. The summed E-state index contributed by atoms with van der Waals surface area (Å²) in [4.78, 5) is 26.8. The molecular formula is C24H27N3O5S. The van der Waals surface area contributed by atoms with Crippen LogP contribution in [0.5, 0.6) is 0 Å². The predicted molar refractivity (Wildman–Crippen MR) is 125 cm³/mol. The molecule has 2 amide bonds. The molecule has 1 N–H and O–H groups in total. The number of sulfonamides is 1. The van der Waals surface area contributed by atoms with Gasteiger partial charge in [-0.25, -0.2) is 8.42 Å². The van der Waals surface area contributed by atoms with Gasteiger partial charge in [-0.1, -0.05) is 30.3 Å². The van der Waals surface area contributed by atoms with Gasteiger partial charge in [0.2, 0.25) is 21.8 Å². The first-order chi connectivity index (χ1) is 15.8. The van der Waals surface area contributed by atoms with Gasteiger partial charge >= 0.3 is 0 Å². The molecule has 33 heavy (non-hydrogen) atoms. The van der Waals surface area contributed by atoms with Gasteiger partial charge in [-0.05, 0) is 41.8 Å². The number of benzene rings is 2. The molecule has 1 atom stereocenters. The number of carbonyl (C=O) groups is 2. The smallest absolute Gasteiger partial charge is 0.243 e. The van der Waals surface area contributed by atoms with Crippen molar-refractivity contribution in [3.05, 3.63) is 65.4 Å². The van der Waals surface area contributed by atoms with Gasteiger partial charge in [0, 0.05) is 31.9 Å². The third-order valence-corrected chi connectivity index (χ3v) is 7.95. The predicted octanol–water partition coefficient (Wildman–Crippen LogP) is 2.92. The Morgan fingerprint density at radius 2 is 1.85 bits per heavy atom. The Bertz CT molecular complexity index is 1200. The van der Waals surface area contributed by atoms with Crippen molar-refractivity contribution in [3.63, 3.8) is 0 Å². The fraction of sp³-hybridized carbons (Fsp3) is 0.333. The molecule has 9 heteroatoms. The van der Waals surface area contributed by atoms with Crippen LogP contribution in [-0.4, -0.2) is 55.7 Å². The van der Waals surface area contributed by atoms with Crippen molar-refractivity contribution >= 4 is 33.6 Å². The Hall–Kier alpha value is -3.01. The number of rotatable bonds is 5. The number of hydrogen-bond donors (Lipinski definition) is 1. The van der Waals surface area contributed by atoms with Crippen LogP contribution in [0.3, 0.4) is 0 Å². The summed E-state index contributed by atoms with van der Waals surface area (Å²) in [7, 11) is -3.70. The average Bonchev–Trinajstić information content (AvgIpc) is 2.80. The molecule has 2 aliphatic heterocycles. The lowest BCUT2D eigenvalue weighted by molar-refractivity contribution is -0.129. The van der Waals surface area contributed by atoms with Crippen LogP contribution in [0.4, 0.5) is 5.69 Å². The monoisotopic (exact) mass is 469 g/mol. The second-order valence-electron chi connectivity index (χ2n) is 8.14. The summed E-state index contributed by atoms with van der Waals surface area (Å²) in [6, 6.07) is 12.1. The molecule has 0 aromatic heterocycles. The van der Waals surface area contributed by atoms with E-state index in [0.29, 0.717) is 37.6 Å². The summed E-state index contributed by atoms with van der Waals surface area (Å²) in [5, 5.41) is 2.81. The maximum atomic E-state index is 13.1. The standard InChI is InChI=1S/C24H27N3O5S/c1-17-7-8-20(15-23(17)33(30,31)26-11-13-32-14-12-26)25-24(29)16-22-21-6-4-3-5-19(21)9-10-27(22)18(2)28/h3-10,15,22H,11-14,16H2,1-2H3,(H,25,29)/t22-/m0/s1. The summed E-state index contributed by atoms with van der Waals surface area (Å²) in [6.45, 7) is 4.51. The molecule has 174 valence electrons. The van der Waals surface area contributed by atoms with E-state index < -0.39 is 16.1 Å². The summed E-state index contributed by atoms with van der Waals surface area (Å²) < 4.78 is 32.9. The minimum atomic E-state index is -3.70. The zero-order chi connectivity index (χ0) is 23.6. The highest BCUT2D eigenvalue weighted by atomic mass is 32.2. The zero-order valence-corrected chi connectivity index (χ0v) is 19.5. The van der Waals surface area contributed by atoms with Crippen molar-refractivity contribution in [2.24, 2.45) is 0 Å². The number of nitrogens with zero attached hydrogens (tertiary/aromatic N) is 2. The van der Waals surface area contributed by atoms with Crippen LogP contribution in [0.2, 0.25) is 0 Å². The molecule has 0 radical (unpaired) electrons. The van der Waals surface area contributed by atoms with E-state index >= 15 is 0 Å². The molecule has 2 aromatic carbocycles. The molecule has 2 heterocycles. The van der Waals surface area contributed by atoms with Crippen LogP contribution >= 0.6 is 0 Å². The number of ether oxygens (including phenoxy) is 1. The molecule has 0 spiro atoms. The van der Waals surface area contributed by atoms with Crippen LogP contribution in [0.15, 0.2) is 53.6 Å². The van der Waals surface area contributed by atoms with Crippen LogP contribution < -0.4 is 5.32 Å². The van der Waals surface area contributed by atoms with Crippen molar-refractivity contribution in [1.29, 1.82) is 0 Å². The van der Waals surface area contributed by atoms with Crippen molar-refractivity contribution in [2.45, 2.75) is 31.2 Å². The first kappa shape index (κ1) is 23.2. The Labute approximate surface area is 193 Å². The third kappa shape index (κ3) is 4.85. The van der Waals surface area contributed by atoms with Gasteiger partial charge in [0.05, 0.1) is 30.6 Å². The number of morpholine rings is 1. The van der Waals surface area contributed by atoms with E-state index in [1.807, 2.05) is 30.3 Å². The second-order valence-corrected chi connectivity index (χ2v) is 10.0. The lowest BCUT2D eigenvalue weighted by Crippen LogP contribution is -2.40. The maximum absolute atomic E-state index is 13.1. The SMILES string of the molecule is CC(=O)N1C=Cc2ccccc2[C@@H]1CC(=O)Nc1ccc(C)c(S(=O)(=O)N2CCOCC2)c1. The van der Waals surface area contributed by atoms with E-state index in [2.05, 4.69) is 5.32 Å². The number of amides is 2. The van der Waals surface area contributed by atoms with E-state index in [4.69, 9.17) is 4.74 Å². The molecule has 4 rings (SSSR count). The van der Waals surface area contributed by atoms with Crippen molar-refractivity contribution in [2.75, 3.05) is 31.6 Å². The van der Waals surface area contributed by atoms with E-state index in [0.717, 1.165) is 11.1 Å². The highest BCUT2D eigenvalue weighted by molar-refractivity contribution is 7.89. The van der Waals surface area contributed by atoms with E-state index in [-0.39, 0.29) is 23.1 Å². The van der Waals surface area contributed by atoms with Crippen molar-refractivity contribution in [1.82, 2.24) is 9.21 Å². The largest absolute Gasteiger partial charge is 0.379 e. The molecule has 1 saturated heterocycles. The number of anilines is 1. The molecule has 0 saturated carbocycles. The lowest BCUT2D eigenvalue weighted by atomic mass is 9.93. The molecule has 0 unspecified atom stereocenters. The van der Waals surface area contributed by atoms with E-state index in [1.165, 1.54) is 17.3 Å². The molecule has 1 fully saturated rings. The first-order valence-electron chi connectivity index (χ1n) is 10.8. The van der Waals surface area contributed by atoms with Gasteiger partial charge in [-0.2, -0.15) is 4.31 Å². The second kappa shape index (κ2) is 9.46. The van der Waals surface area contributed by atoms with Gasteiger partial charge < -0.3 is 15.0 Å². The molecule has 0 bridgehead atoms. The van der Waals surface area contributed by atoms with Crippen molar-refractivity contribution < 1.29 is 22.7 Å². The van der Waals surface area contributed by atoms with Gasteiger partial charge in [0.15, 0.2) is 0 Å². The molecular weight excluding hydrogens is 442 g/mol. The minimum absolute atomic E-state index is 0.0420. The summed E-state index contributed by atoms with van der Waals surface area (Å²) >= 11 is 0. The number of carbonyl (C=O) groups excluding carboxylic acids is 2. The Balaban J connectivity index is 1.55. The summed E-state index contributed by atoms with van der Waals surface area (Å²) in [6.07, 6.45) is 3.59. The van der Waals surface area contributed by atoms with E-state index in [1.54, 1.807) is 30.2 Å². The summed E-state index contributed by atoms with van der Waals surface area (Å²) in [5.41, 5.74) is 2.85. The van der Waals surface area contributed by atoms with Crippen molar-refractivity contribution in [3.8, 4) is 0 Å². The highest BCUT2D eigenvalue weighted by Gasteiger charge is 2.30. The fourth-order valence-electron chi connectivity index (χ4n) is 4.18. The number of aryl methyl sites for hydroxylation is 1. The first-order valence-corrected chi connectivity index (χ1v) is 12.3. The normalized spacial score (nSPS) is 18.6. The van der Waals surface area contributed by atoms with Gasteiger partial charge in [0.25, 0.3) is 0 Å². The van der Waals surface area contributed by atoms with Crippen LogP contribution in [0, 0.1) is 6.92 Å². The van der Waals surface area contributed by atoms with Crippen LogP contribution in [-0.2, 0) is 24.3 Å². The van der Waals surface area contributed by atoms with Gasteiger partial charge in [-0.15, -0.1) is 0 Å². The molecule has 0 aliphatic carbocycles. The Morgan fingerprint density at radius 1 is 1.12 bits per heavy atom. The minimum Gasteiger partial charge on any atom is -0.379 e. The van der Waals surface area contributed by atoms with E-state index in [9.17, 15) is 18.0 Å². The zero-order valence-electron chi connectivity index (χ0n) is 18.7. The Kier molecular flexibility index (Phi) is 6.64. The van der Waals surface area contributed by atoms with Gasteiger partial charge in [0.1, 0.15) is 0 Å².